The van der Waals surface area contributed by atoms with Crippen molar-refractivity contribution in [3.8, 4) is 6.07 Å². The maximum absolute atomic E-state index is 13.3. The van der Waals surface area contributed by atoms with Gasteiger partial charge in [-0.25, -0.2) is 0 Å². The van der Waals surface area contributed by atoms with E-state index in [9.17, 15) is 31.1 Å². The van der Waals surface area contributed by atoms with Gasteiger partial charge >= 0.3 is 12.4 Å². The number of nitrogens with one attached hydrogen (secondary N) is 1. The number of hydrogen-bond acceptors (Lipinski definition) is 4. The molecule has 25 heavy (non-hydrogen) atoms. The average molecular weight is 364 g/mol. The third-order valence-electron chi connectivity index (χ3n) is 3.56. The summed E-state index contributed by atoms with van der Waals surface area (Å²) in [5.74, 6) is -1.63. The molecule has 2 unspecified atom stereocenters. The molecule has 0 aromatic heterocycles. The van der Waals surface area contributed by atoms with E-state index in [1.165, 1.54) is 13.0 Å². The second-order valence-electron chi connectivity index (χ2n) is 5.45. The summed E-state index contributed by atoms with van der Waals surface area (Å²) >= 11 is 0. The van der Waals surface area contributed by atoms with Crippen LogP contribution in [-0.2, 0) is 11.0 Å². The van der Waals surface area contributed by atoms with Gasteiger partial charge in [0.15, 0.2) is 0 Å². The number of carbonyl (C=O) groups excluding carboxylic acids is 1. The van der Waals surface area contributed by atoms with E-state index >= 15 is 0 Å². The maximum atomic E-state index is 13.3. The molecule has 2 atom stereocenters. The van der Waals surface area contributed by atoms with E-state index < -0.39 is 53.1 Å². The Morgan fingerprint density at radius 1 is 1.32 bits per heavy atom. The van der Waals surface area contributed by atoms with Crippen LogP contribution in [0.4, 0.5) is 32.0 Å². The van der Waals surface area contributed by atoms with Crippen LogP contribution in [0.5, 0.6) is 0 Å². The average Bonchev–Trinajstić information content (AvgIpc) is 2.89. The van der Waals surface area contributed by atoms with Crippen molar-refractivity contribution in [2.24, 2.45) is 10.2 Å². The second-order valence-corrected chi connectivity index (χ2v) is 5.45. The molecule has 1 heterocycles. The number of halogens is 6. The molecule has 2 rings (SSSR count). The zero-order valence-electron chi connectivity index (χ0n) is 12.5. The molecular weight excluding hydrogens is 354 g/mol. The van der Waals surface area contributed by atoms with Crippen molar-refractivity contribution in [1.29, 1.82) is 5.26 Å². The van der Waals surface area contributed by atoms with Gasteiger partial charge in [0.25, 0.3) is 11.4 Å². The van der Waals surface area contributed by atoms with E-state index in [0.717, 1.165) is 12.1 Å². The summed E-state index contributed by atoms with van der Waals surface area (Å²) in [4.78, 5) is 12.1. The summed E-state index contributed by atoms with van der Waals surface area (Å²) in [5, 5.41) is 16.8. The monoisotopic (exact) mass is 364 g/mol. The van der Waals surface area contributed by atoms with Crippen molar-refractivity contribution < 1.29 is 31.1 Å². The highest BCUT2D eigenvalue weighted by Gasteiger charge is 2.64. The third-order valence-corrected chi connectivity index (χ3v) is 3.56. The molecule has 1 aromatic rings. The van der Waals surface area contributed by atoms with Crippen LogP contribution in [-0.4, -0.2) is 23.7 Å². The van der Waals surface area contributed by atoms with Crippen LogP contribution < -0.4 is 5.32 Å². The molecule has 0 saturated heterocycles. The highest BCUT2D eigenvalue weighted by Crippen LogP contribution is 2.43. The van der Waals surface area contributed by atoms with Gasteiger partial charge in [-0.2, -0.15) is 41.8 Å². The number of benzene rings is 1. The lowest BCUT2D eigenvalue weighted by Gasteiger charge is -2.26. The van der Waals surface area contributed by atoms with Gasteiger partial charge in [-0.3, -0.25) is 4.79 Å². The topological polar surface area (TPSA) is 77.6 Å². The number of amides is 1. The van der Waals surface area contributed by atoms with Crippen LogP contribution in [0, 0.1) is 11.3 Å². The van der Waals surface area contributed by atoms with Crippen LogP contribution in [0.15, 0.2) is 28.4 Å². The Morgan fingerprint density at radius 3 is 2.40 bits per heavy atom. The molecule has 134 valence electrons. The predicted molar refractivity (Wildman–Crippen MR) is 72.5 cm³/mol. The van der Waals surface area contributed by atoms with Gasteiger partial charge in [-0.1, -0.05) is 0 Å². The van der Waals surface area contributed by atoms with Crippen molar-refractivity contribution in [2.45, 2.75) is 37.3 Å². The highest BCUT2D eigenvalue weighted by molar-refractivity contribution is 5.99. The van der Waals surface area contributed by atoms with Crippen LogP contribution >= 0.6 is 0 Å². The SMILES string of the molecule is CC1CC(C(=O)Nc2ccc(C#N)c(C(F)(F)F)c2)(C(F)(F)F)N=N1. The number of azo groups is 1. The third kappa shape index (κ3) is 3.42. The summed E-state index contributed by atoms with van der Waals surface area (Å²) in [6.45, 7) is 1.33. The fourth-order valence-corrected chi connectivity index (χ4v) is 2.33. The lowest BCUT2D eigenvalue weighted by atomic mass is 9.92. The summed E-state index contributed by atoms with van der Waals surface area (Å²) in [7, 11) is 0. The van der Waals surface area contributed by atoms with E-state index in [2.05, 4.69) is 10.2 Å². The molecule has 1 aliphatic heterocycles. The van der Waals surface area contributed by atoms with Gasteiger partial charge in [0.1, 0.15) is 0 Å². The first-order valence-corrected chi connectivity index (χ1v) is 6.82. The minimum atomic E-state index is -5.06. The molecule has 5 nitrogen and oxygen atoms in total. The van der Waals surface area contributed by atoms with Crippen molar-refractivity contribution >= 4 is 11.6 Å². The Hall–Kier alpha value is -2.64. The normalized spacial score (nSPS) is 23.4. The fraction of sp³-hybridized carbons (Fsp3) is 0.429. The number of anilines is 1. The van der Waals surface area contributed by atoms with Crippen LogP contribution in [0.3, 0.4) is 0 Å². The molecule has 0 saturated carbocycles. The Morgan fingerprint density at radius 2 is 1.96 bits per heavy atom. The lowest BCUT2D eigenvalue weighted by molar-refractivity contribution is -0.187. The molecule has 1 aliphatic rings. The number of nitrogens with zero attached hydrogens (tertiary/aromatic N) is 3. The summed E-state index contributed by atoms with van der Waals surface area (Å²) in [6.07, 6.45) is -10.7. The number of alkyl halides is 6. The smallest absolute Gasteiger partial charge is 0.324 e. The van der Waals surface area contributed by atoms with Gasteiger partial charge in [-0.05, 0) is 25.1 Å². The summed E-state index contributed by atoms with van der Waals surface area (Å²) < 4.78 is 78.6. The van der Waals surface area contributed by atoms with Crippen molar-refractivity contribution in [2.75, 3.05) is 5.32 Å². The molecule has 0 bridgehead atoms. The first-order valence-electron chi connectivity index (χ1n) is 6.82. The fourth-order valence-electron chi connectivity index (χ4n) is 2.33. The minimum Gasteiger partial charge on any atom is -0.324 e. The van der Waals surface area contributed by atoms with E-state index in [4.69, 9.17) is 5.26 Å². The Bertz CT molecular complexity index is 764. The standard InChI is InChI=1S/C14H10F6N4O/c1-7-5-12(24-23-7,14(18,19)20)11(25)22-9-3-2-8(6-21)10(4-9)13(15,16)17/h2-4,7H,5H2,1H3,(H,22,25). The highest BCUT2D eigenvalue weighted by atomic mass is 19.4. The van der Waals surface area contributed by atoms with E-state index in [1.54, 1.807) is 5.32 Å². The molecule has 0 radical (unpaired) electrons. The van der Waals surface area contributed by atoms with Crippen molar-refractivity contribution in [1.82, 2.24) is 0 Å². The van der Waals surface area contributed by atoms with Gasteiger partial charge in [0.05, 0.1) is 23.2 Å². The van der Waals surface area contributed by atoms with E-state index in [0.29, 0.717) is 6.07 Å². The first kappa shape index (κ1) is 18.7. The molecule has 11 heteroatoms. The molecular formula is C14H10F6N4O. The maximum Gasteiger partial charge on any atom is 0.424 e. The first-order chi connectivity index (χ1) is 11.4. The van der Waals surface area contributed by atoms with Gasteiger partial charge in [-0.15, -0.1) is 0 Å². The van der Waals surface area contributed by atoms with Crippen LogP contribution in [0.2, 0.25) is 0 Å². The Labute approximate surface area is 137 Å². The molecule has 0 aliphatic carbocycles. The van der Waals surface area contributed by atoms with Crippen LogP contribution in [0.1, 0.15) is 24.5 Å². The van der Waals surface area contributed by atoms with Gasteiger partial charge < -0.3 is 5.32 Å². The molecule has 0 spiro atoms. The predicted octanol–water partition coefficient (Wildman–Crippen LogP) is 4.06. The van der Waals surface area contributed by atoms with E-state index in [1.807, 2.05) is 0 Å². The minimum absolute atomic E-state index is 0.399. The quantitative estimate of drug-likeness (QED) is 0.804. The largest absolute Gasteiger partial charge is 0.424 e. The summed E-state index contributed by atoms with van der Waals surface area (Å²) in [5.41, 5.74) is -5.77. The second kappa shape index (κ2) is 6.02. The van der Waals surface area contributed by atoms with Gasteiger partial charge in [0.2, 0.25) is 0 Å². The molecule has 1 aromatic carbocycles. The number of nitriles is 1. The Kier molecular flexibility index (Phi) is 4.50. The van der Waals surface area contributed by atoms with Gasteiger partial charge in [0, 0.05) is 12.1 Å². The summed E-state index contributed by atoms with van der Waals surface area (Å²) in [6, 6.07) is 2.54. The molecule has 1 N–H and O–H groups in total. The number of rotatable bonds is 2. The molecule has 0 fully saturated rings. The zero-order valence-corrected chi connectivity index (χ0v) is 12.5. The lowest BCUT2D eigenvalue weighted by Crippen LogP contribution is -2.52. The number of carbonyl (C=O) groups is 1. The van der Waals surface area contributed by atoms with Crippen molar-refractivity contribution in [3.63, 3.8) is 0 Å². The molecule has 1 amide bonds. The van der Waals surface area contributed by atoms with Crippen LogP contribution in [0.25, 0.3) is 0 Å². The van der Waals surface area contributed by atoms with E-state index in [-0.39, 0.29) is 0 Å². The zero-order chi connectivity index (χ0) is 19.0. The number of hydrogen-bond donors (Lipinski definition) is 1. The van der Waals surface area contributed by atoms with Crippen molar-refractivity contribution in [3.05, 3.63) is 29.3 Å². The Balaban J connectivity index is 2.38.